The van der Waals surface area contributed by atoms with Gasteiger partial charge in [0.2, 0.25) is 5.60 Å². The van der Waals surface area contributed by atoms with Crippen molar-refractivity contribution in [3.63, 3.8) is 0 Å². The van der Waals surface area contributed by atoms with Crippen LogP contribution in [0.5, 0.6) is 17.2 Å². The highest BCUT2D eigenvalue weighted by atomic mass is 35.5. The number of carboxylic acid groups (broad SMARTS) is 2. The molecule has 0 saturated carbocycles. The Bertz CT molecular complexity index is 2520. The Labute approximate surface area is 379 Å². The van der Waals surface area contributed by atoms with Crippen LogP contribution in [0, 0.1) is 5.92 Å². The third-order valence-electron chi connectivity index (χ3n) is 12.0. The minimum atomic E-state index is -2.16. The van der Waals surface area contributed by atoms with Crippen molar-refractivity contribution in [2.45, 2.75) is 116 Å². The van der Waals surface area contributed by atoms with Crippen molar-refractivity contribution in [1.29, 1.82) is 0 Å². The van der Waals surface area contributed by atoms with Gasteiger partial charge in [-0.3, -0.25) is 4.79 Å². The number of carbonyl (C=O) groups is 3. The molecule has 1 aromatic heterocycles. The number of carboxylic acids is 2. The molecular formula is C49H58ClN5O9. The van der Waals surface area contributed by atoms with Gasteiger partial charge in [0.05, 0.1) is 16.9 Å². The number of azo groups is 1. The Morgan fingerprint density at radius 3 is 2.23 bits per heavy atom. The number of allylic oxidation sites excluding steroid dienone is 5. The molecule has 15 heteroatoms. The second kappa shape index (κ2) is 18.8. The highest BCUT2D eigenvalue weighted by Gasteiger charge is 2.77. The quantitative estimate of drug-likeness (QED) is 0.0688. The van der Waals surface area contributed by atoms with Gasteiger partial charge in [-0.15, -0.1) is 17.5 Å². The molecule has 7 N–H and O–H groups in total. The first-order valence-electron chi connectivity index (χ1n) is 21.0. The maximum absolute atomic E-state index is 14.7. The van der Waals surface area contributed by atoms with Crippen LogP contribution in [0.2, 0.25) is 0 Å². The summed E-state index contributed by atoms with van der Waals surface area (Å²) in [4.78, 5) is 43.9. The lowest BCUT2D eigenvalue weighted by molar-refractivity contribution is -0.184. The maximum atomic E-state index is 14.7. The van der Waals surface area contributed by atoms with Crippen LogP contribution in [-0.4, -0.2) is 60.4 Å². The number of nitrogens with two attached hydrogens (primary N) is 2. The lowest BCUT2D eigenvalue weighted by Crippen LogP contribution is -2.66. The largest absolute Gasteiger partial charge is 0.506 e. The van der Waals surface area contributed by atoms with Crippen LogP contribution in [0.15, 0.2) is 105 Å². The number of phenolic OH excluding ortho intramolecular Hbond substituents is 1. The third-order valence-corrected chi connectivity index (χ3v) is 12.0. The molecule has 4 atom stereocenters. The molecule has 0 bridgehead atoms. The number of hydrogen-bond donors (Lipinski definition) is 5. The average molecular weight is 896 g/mol. The Hall–Kier alpha value is -6.25. The average Bonchev–Trinajstić information content (AvgIpc) is 3.42. The molecule has 1 spiro atoms. The molecule has 2 aromatic carbocycles. The highest BCUT2D eigenvalue weighted by molar-refractivity contribution is 6.17. The Kier molecular flexibility index (Phi) is 14.4. The van der Waals surface area contributed by atoms with Gasteiger partial charge in [0.15, 0.2) is 17.2 Å². The standard InChI is InChI=1S/C38H46O9.C11H11N5.ClH/c1-21(2)11-10-18-36(8)19-17-24-29(39)28-30(40)26-12-9-13-27-35(6,7)47-37(34(43)44,20-16-23(5)33(41)42)38(26,27)46-32(28)25(31(24)45-36)15-14-22(3)4;12-10-7-6-9(11(13)14-10)16-15-8-4-2-1-3-5-8;/h11-12,14,16-17,19,27,39H,9-10,13,15,18,20H2,1-8H3,(H,41,42)(H,43,44);1-7H,(H4,12,13,14);1H. The summed E-state index contributed by atoms with van der Waals surface area (Å²) < 4.78 is 20.2. The fourth-order valence-electron chi connectivity index (χ4n) is 8.84. The summed E-state index contributed by atoms with van der Waals surface area (Å²) >= 11 is 0. The van der Waals surface area contributed by atoms with Gasteiger partial charge >= 0.3 is 11.9 Å². The van der Waals surface area contributed by atoms with Crippen LogP contribution in [0.4, 0.5) is 23.0 Å². The van der Waals surface area contributed by atoms with Crippen LogP contribution >= 0.6 is 12.4 Å². The maximum Gasteiger partial charge on any atom is 0.340 e. The Morgan fingerprint density at radius 2 is 1.61 bits per heavy atom. The minimum absolute atomic E-state index is 0. The van der Waals surface area contributed by atoms with E-state index in [1.165, 1.54) is 18.6 Å². The zero-order valence-corrected chi connectivity index (χ0v) is 38.3. The number of anilines is 2. The Balaban J connectivity index is 0.000000380. The van der Waals surface area contributed by atoms with Crippen molar-refractivity contribution in [3.05, 3.63) is 112 Å². The van der Waals surface area contributed by atoms with Crippen molar-refractivity contribution in [2.24, 2.45) is 16.1 Å². The molecule has 0 radical (unpaired) electrons. The normalized spacial score (nSPS) is 23.6. The van der Waals surface area contributed by atoms with E-state index in [2.05, 4.69) is 21.3 Å². The summed E-state index contributed by atoms with van der Waals surface area (Å²) in [5.74, 6) is -2.88. The summed E-state index contributed by atoms with van der Waals surface area (Å²) in [5, 5.41) is 40.4. The van der Waals surface area contributed by atoms with E-state index in [9.17, 15) is 29.7 Å². The van der Waals surface area contributed by atoms with Gasteiger partial charge in [0.1, 0.15) is 39.9 Å². The monoisotopic (exact) mass is 895 g/mol. The number of benzene rings is 2. The number of fused-ring (bicyclic) bond motifs is 2. The fourth-order valence-corrected chi connectivity index (χ4v) is 8.84. The molecule has 0 amide bonds. The topological polar surface area (TPSA) is 229 Å². The van der Waals surface area contributed by atoms with E-state index in [4.69, 9.17) is 25.7 Å². The molecule has 1 fully saturated rings. The predicted molar refractivity (Wildman–Crippen MR) is 249 cm³/mol. The molecule has 14 nitrogen and oxygen atoms in total. The van der Waals surface area contributed by atoms with Crippen molar-refractivity contribution < 1.29 is 43.9 Å². The molecule has 1 saturated heterocycles. The van der Waals surface area contributed by atoms with Crippen LogP contribution in [0.25, 0.3) is 6.08 Å². The number of aromatic hydroxyl groups is 1. The first kappa shape index (κ1) is 48.8. The molecule has 340 valence electrons. The van der Waals surface area contributed by atoms with Crippen LogP contribution in [0.1, 0.15) is 109 Å². The van der Waals surface area contributed by atoms with E-state index in [-0.39, 0.29) is 52.9 Å². The molecule has 64 heavy (non-hydrogen) atoms. The minimum Gasteiger partial charge on any atom is -0.506 e. The van der Waals surface area contributed by atoms with E-state index in [1.807, 2.05) is 77.1 Å². The number of ether oxygens (including phenoxy) is 3. The Morgan fingerprint density at radius 1 is 0.922 bits per heavy atom. The van der Waals surface area contributed by atoms with Gasteiger partial charge in [-0.2, -0.15) is 5.11 Å². The molecule has 3 aliphatic heterocycles. The summed E-state index contributed by atoms with van der Waals surface area (Å²) in [5.41, 5.74) is 9.72. The number of phenols is 1. The van der Waals surface area contributed by atoms with Crippen molar-refractivity contribution in [3.8, 4) is 17.2 Å². The highest BCUT2D eigenvalue weighted by Crippen LogP contribution is 2.64. The number of nitrogen functional groups attached to an aromatic ring is 2. The van der Waals surface area contributed by atoms with Gasteiger partial charge < -0.3 is 41.0 Å². The number of rotatable bonds is 11. The number of aromatic nitrogens is 1. The number of hydrogen-bond acceptors (Lipinski definition) is 12. The molecular weight excluding hydrogens is 838 g/mol. The molecule has 7 rings (SSSR count). The summed E-state index contributed by atoms with van der Waals surface area (Å²) in [6.07, 6.45) is 13.1. The summed E-state index contributed by atoms with van der Waals surface area (Å²) in [7, 11) is 0. The van der Waals surface area contributed by atoms with E-state index in [1.54, 1.807) is 38.1 Å². The van der Waals surface area contributed by atoms with E-state index in [0.29, 0.717) is 54.1 Å². The molecule has 1 aliphatic carbocycles. The fraction of sp³-hybridized carbons (Fsp3) is 0.388. The van der Waals surface area contributed by atoms with Crippen LogP contribution in [-0.2, 0) is 20.7 Å². The number of halogens is 1. The van der Waals surface area contributed by atoms with Gasteiger partial charge in [-0.05, 0) is 124 Å². The molecule has 4 heterocycles. The van der Waals surface area contributed by atoms with E-state index >= 15 is 0 Å². The third kappa shape index (κ3) is 9.20. The van der Waals surface area contributed by atoms with Crippen LogP contribution < -0.4 is 20.9 Å². The molecule has 4 unspecified atom stereocenters. The number of ketones is 1. The first-order chi connectivity index (χ1) is 29.7. The van der Waals surface area contributed by atoms with E-state index < -0.39 is 46.0 Å². The first-order valence-corrected chi connectivity index (χ1v) is 21.0. The number of Topliss-reactive ketones (excluding diaryl/α,β-unsaturated/α-hetero) is 1. The van der Waals surface area contributed by atoms with Gasteiger partial charge in [-0.25, -0.2) is 14.6 Å². The summed E-state index contributed by atoms with van der Waals surface area (Å²) in [6.45, 7) is 14.9. The second-order valence-electron chi connectivity index (χ2n) is 17.7. The number of carbonyl (C=O) groups excluding carboxylic acids is 1. The van der Waals surface area contributed by atoms with E-state index in [0.717, 1.165) is 17.7 Å². The second-order valence-corrected chi connectivity index (χ2v) is 17.7. The van der Waals surface area contributed by atoms with Crippen molar-refractivity contribution >= 4 is 59.2 Å². The zero-order valence-electron chi connectivity index (χ0n) is 37.5. The van der Waals surface area contributed by atoms with Gasteiger partial charge in [0.25, 0.3) is 0 Å². The van der Waals surface area contributed by atoms with Gasteiger partial charge in [-0.1, -0.05) is 53.6 Å². The smallest absolute Gasteiger partial charge is 0.340 e. The summed E-state index contributed by atoms with van der Waals surface area (Å²) in [6, 6.07) is 12.7. The zero-order chi connectivity index (χ0) is 46.1. The van der Waals surface area contributed by atoms with Crippen molar-refractivity contribution in [1.82, 2.24) is 4.98 Å². The molecule has 4 aliphatic rings. The SMILES string of the molecule is CC(C)=CCCC1(C)C=Cc2c(O)c3c(c(CC=C(C)C)c2O1)OC12C(=CCCC1C(C)(C)OC2(CC=C(C)C(=O)O)C(=O)O)C3=O.Cl.Nc1ccc(N=Nc2ccccc2)c(N)n1. The number of nitrogens with zero attached hydrogens (tertiary/aromatic N) is 3. The van der Waals surface area contributed by atoms with Crippen molar-refractivity contribution in [2.75, 3.05) is 11.5 Å². The number of pyridine rings is 1. The number of aliphatic carboxylic acids is 2. The lowest BCUT2D eigenvalue weighted by Gasteiger charge is -2.50. The predicted octanol–water partition coefficient (Wildman–Crippen LogP) is 10.6. The van der Waals surface area contributed by atoms with Crippen LogP contribution in [0.3, 0.4) is 0 Å². The van der Waals surface area contributed by atoms with Gasteiger partial charge in [0, 0.05) is 29.0 Å². The lowest BCUT2D eigenvalue weighted by atomic mass is 9.60. The molecule has 3 aromatic rings.